The van der Waals surface area contributed by atoms with Gasteiger partial charge >= 0.3 is 0 Å². The molecule has 0 bridgehead atoms. The van der Waals surface area contributed by atoms with Gasteiger partial charge in [-0.15, -0.1) is 11.6 Å². The zero-order valence-corrected chi connectivity index (χ0v) is 40.7. The molecule has 8 aromatic rings. The maximum absolute atomic E-state index is 12.2. The maximum Gasteiger partial charge on any atom is 0.249 e. The molecular formula is C54H52ClN11O6. The SMILES string of the molecule is C=CC(=O)Nc1ccc(CNc2nc(-n3c(C)cc4c(C(C)=O)cccc43)nc3c2COCC3)cc1.Cc1cc2c(C(N)=O)cccc2n1-c1nc2c(c(NCc3ccc(NC(=O)CCl)cc3)n1)COCC2. The van der Waals surface area contributed by atoms with E-state index in [2.05, 4.69) is 27.8 Å². The number of ketones is 1. The summed E-state index contributed by atoms with van der Waals surface area (Å²) in [5.74, 6) is 1.47. The summed E-state index contributed by atoms with van der Waals surface area (Å²) < 4.78 is 15.3. The Labute approximate surface area is 419 Å². The lowest BCUT2D eigenvalue weighted by molar-refractivity contribution is -0.114. The number of hydrogen-bond donors (Lipinski definition) is 5. The van der Waals surface area contributed by atoms with Crippen molar-refractivity contribution in [3.05, 3.63) is 166 Å². The van der Waals surface area contributed by atoms with Gasteiger partial charge in [0.2, 0.25) is 29.6 Å². The topological polar surface area (TPSA) is 222 Å². The molecule has 4 aromatic heterocycles. The number of nitrogens with zero attached hydrogens (tertiary/aromatic N) is 6. The second-order valence-electron chi connectivity index (χ2n) is 17.3. The number of anilines is 4. The number of hydrogen-bond acceptors (Lipinski definition) is 12. The predicted octanol–water partition coefficient (Wildman–Crippen LogP) is 8.43. The molecule has 2 aliphatic rings. The Balaban J connectivity index is 0.000000178. The van der Waals surface area contributed by atoms with E-state index in [0.717, 1.165) is 72.7 Å². The number of halogens is 1. The van der Waals surface area contributed by atoms with Gasteiger partial charge in [0.25, 0.3) is 0 Å². The van der Waals surface area contributed by atoms with Crippen LogP contribution in [0.4, 0.5) is 23.0 Å². The second kappa shape index (κ2) is 21.4. The highest BCUT2D eigenvalue weighted by Crippen LogP contribution is 2.32. The smallest absolute Gasteiger partial charge is 0.249 e. The molecule has 0 atom stereocenters. The minimum absolute atomic E-state index is 0.0266. The van der Waals surface area contributed by atoms with Crippen LogP contribution in [0.3, 0.4) is 0 Å². The Morgan fingerprint density at radius 1 is 0.681 bits per heavy atom. The monoisotopic (exact) mass is 985 g/mol. The lowest BCUT2D eigenvalue weighted by Gasteiger charge is -2.21. The zero-order chi connectivity index (χ0) is 50.5. The number of carbonyl (C=O) groups is 4. The number of nitrogens with two attached hydrogens (primary N) is 1. The van der Waals surface area contributed by atoms with Crippen molar-refractivity contribution in [1.29, 1.82) is 0 Å². The number of fused-ring (bicyclic) bond motifs is 4. The van der Waals surface area contributed by atoms with Gasteiger partial charge < -0.3 is 36.5 Å². The van der Waals surface area contributed by atoms with Crippen LogP contribution in [-0.4, -0.2) is 71.7 Å². The normalized spacial score (nSPS) is 12.8. The van der Waals surface area contributed by atoms with Gasteiger partial charge in [0, 0.05) is 81.7 Å². The fraction of sp³-hybridized carbons (Fsp3) is 0.222. The number of rotatable bonds is 14. The molecule has 0 spiro atoms. The molecule has 10 rings (SSSR count). The van der Waals surface area contributed by atoms with Gasteiger partial charge in [0.15, 0.2) is 5.78 Å². The van der Waals surface area contributed by atoms with Gasteiger partial charge in [-0.2, -0.15) is 9.97 Å². The first kappa shape index (κ1) is 48.8. The highest BCUT2D eigenvalue weighted by molar-refractivity contribution is 6.29. The van der Waals surface area contributed by atoms with Crippen LogP contribution < -0.4 is 27.0 Å². The summed E-state index contributed by atoms with van der Waals surface area (Å²) in [6.07, 6.45) is 2.62. The van der Waals surface area contributed by atoms with Gasteiger partial charge in [0.1, 0.15) is 17.5 Å². The summed E-state index contributed by atoms with van der Waals surface area (Å²) in [6.45, 7) is 12.1. The van der Waals surface area contributed by atoms with Crippen LogP contribution in [0.5, 0.6) is 0 Å². The van der Waals surface area contributed by atoms with Crippen LogP contribution in [0.2, 0.25) is 0 Å². The minimum Gasteiger partial charge on any atom is -0.376 e. The Morgan fingerprint density at radius 3 is 1.61 bits per heavy atom. The van der Waals surface area contributed by atoms with E-state index in [1.54, 1.807) is 13.0 Å². The summed E-state index contributed by atoms with van der Waals surface area (Å²) in [4.78, 5) is 66.7. The number of Topliss-reactive ketones (excluding diaryl/α,β-unsaturated/α-hetero) is 1. The summed E-state index contributed by atoms with van der Waals surface area (Å²) in [5.41, 5.74) is 17.5. The molecule has 2 aliphatic heterocycles. The van der Waals surface area contributed by atoms with Crippen LogP contribution in [0, 0.1) is 13.8 Å². The largest absolute Gasteiger partial charge is 0.376 e. The van der Waals surface area contributed by atoms with Gasteiger partial charge in [0.05, 0.1) is 48.8 Å². The molecule has 4 aromatic carbocycles. The first-order chi connectivity index (χ1) is 34.9. The third-order valence-electron chi connectivity index (χ3n) is 12.4. The van der Waals surface area contributed by atoms with Crippen molar-refractivity contribution in [3.8, 4) is 11.9 Å². The maximum atomic E-state index is 12.2. The number of carbonyl (C=O) groups excluding carboxylic acids is 4. The van der Waals surface area contributed by atoms with Crippen molar-refractivity contribution in [2.24, 2.45) is 5.73 Å². The van der Waals surface area contributed by atoms with Crippen molar-refractivity contribution in [1.82, 2.24) is 29.1 Å². The number of nitrogens with one attached hydrogen (secondary N) is 4. The van der Waals surface area contributed by atoms with Crippen molar-refractivity contribution >= 4 is 79.9 Å². The number of aromatic nitrogens is 6. The minimum atomic E-state index is -0.475. The molecule has 3 amide bonds. The highest BCUT2D eigenvalue weighted by Gasteiger charge is 2.24. The molecular weight excluding hydrogens is 934 g/mol. The Bertz CT molecular complexity index is 3400. The van der Waals surface area contributed by atoms with Crippen LogP contribution >= 0.6 is 11.6 Å². The van der Waals surface area contributed by atoms with E-state index in [4.69, 9.17) is 46.7 Å². The van der Waals surface area contributed by atoms with Crippen LogP contribution in [-0.2, 0) is 58.2 Å². The van der Waals surface area contributed by atoms with E-state index in [0.29, 0.717) is 92.6 Å². The number of alkyl halides is 1. The highest BCUT2D eigenvalue weighted by atomic mass is 35.5. The van der Waals surface area contributed by atoms with E-state index in [1.807, 2.05) is 114 Å². The lowest BCUT2D eigenvalue weighted by Crippen LogP contribution is -2.19. The molecule has 18 heteroatoms. The number of ether oxygens (including phenoxy) is 2. The van der Waals surface area contributed by atoms with Crippen LogP contribution in [0.1, 0.15) is 72.7 Å². The molecule has 0 saturated carbocycles. The quantitative estimate of drug-likeness (QED) is 0.0394. The number of primary amides is 1. The van der Waals surface area contributed by atoms with Gasteiger partial charge in [-0.3, -0.25) is 28.3 Å². The van der Waals surface area contributed by atoms with Crippen molar-refractivity contribution in [2.75, 3.05) is 40.4 Å². The predicted molar refractivity (Wildman–Crippen MR) is 278 cm³/mol. The Kier molecular flexibility index (Phi) is 14.5. The van der Waals surface area contributed by atoms with E-state index in [-0.39, 0.29) is 23.5 Å². The molecule has 0 radical (unpaired) electrons. The number of aryl methyl sites for hydroxylation is 2. The summed E-state index contributed by atoms with van der Waals surface area (Å²) in [5, 5.41) is 14.0. The summed E-state index contributed by atoms with van der Waals surface area (Å²) >= 11 is 5.56. The van der Waals surface area contributed by atoms with Crippen molar-refractivity contribution < 1.29 is 28.7 Å². The average Bonchev–Trinajstić information content (AvgIpc) is 3.92. The van der Waals surface area contributed by atoms with Crippen LogP contribution in [0.25, 0.3) is 33.7 Å². The average molecular weight is 987 g/mol. The number of amides is 3. The van der Waals surface area contributed by atoms with Crippen molar-refractivity contribution in [3.63, 3.8) is 0 Å². The molecule has 0 aliphatic carbocycles. The lowest BCUT2D eigenvalue weighted by atomic mass is 10.1. The third-order valence-corrected chi connectivity index (χ3v) is 12.7. The molecule has 366 valence electrons. The fourth-order valence-electron chi connectivity index (χ4n) is 8.88. The first-order valence-corrected chi connectivity index (χ1v) is 23.9. The molecule has 6 N–H and O–H groups in total. The second-order valence-corrected chi connectivity index (χ2v) is 17.6. The molecule has 17 nitrogen and oxygen atoms in total. The van der Waals surface area contributed by atoms with E-state index < -0.39 is 5.91 Å². The molecule has 6 heterocycles. The van der Waals surface area contributed by atoms with Gasteiger partial charge in [-0.1, -0.05) is 49.0 Å². The van der Waals surface area contributed by atoms with Gasteiger partial charge in [-0.05, 0) is 92.6 Å². The van der Waals surface area contributed by atoms with Gasteiger partial charge in [-0.25, -0.2) is 9.97 Å². The first-order valence-electron chi connectivity index (χ1n) is 23.3. The summed E-state index contributed by atoms with van der Waals surface area (Å²) in [7, 11) is 0. The Morgan fingerprint density at radius 2 is 1.15 bits per heavy atom. The van der Waals surface area contributed by atoms with E-state index in [9.17, 15) is 19.2 Å². The van der Waals surface area contributed by atoms with E-state index in [1.165, 1.54) is 6.08 Å². The molecule has 0 saturated heterocycles. The third kappa shape index (κ3) is 10.4. The molecule has 0 fully saturated rings. The zero-order valence-electron chi connectivity index (χ0n) is 40.0. The fourth-order valence-corrected chi connectivity index (χ4v) is 8.95. The van der Waals surface area contributed by atoms with Crippen molar-refractivity contribution in [2.45, 2.75) is 59.9 Å². The summed E-state index contributed by atoms with van der Waals surface area (Å²) in [6, 6.07) is 30.2. The Hall–Kier alpha value is -8.25. The molecule has 72 heavy (non-hydrogen) atoms. The standard InChI is InChI=1S/C28H27N5O3.C26H25ClN6O3/c1-4-26(35)30-20-10-8-19(9-11-20)15-29-27-23-16-36-13-12-24(23)31-28(32-27)33-17(2)14-22-21(18(3)34)6-5-7-25(22)33;1-15-11-19-18(24(28)35)3-2-4-22(19)33(15)26-31-21-9-10-36-14-20(21)25(32-26)29-13-16-5-7-17(8-6-16)30-23(34)12-27/h4-11,14H,1,12-13,15-16H2,2-3H3,(H,30,35)(H,29,31,32);2-8,11H,9-10,12-14H2,1H3,(H2,28,35)(H,30,34)(H,29,31,32). The molecule has 0 unspecified atom stereocenters. The number of benzene rings is 4. The van der Waals surface area contributed by atoms with E-state index >= 15 is 0 Å². The van der Waals surface area contributed by atoms with Crippen LogP contribution in [0.15, 0.2) is 110 Å².